The molecule has 0 aliphatic rings. The number of furan rings is 1. The number of aliphatic carboxylic acids is 1. The highest BCUT2D eigenvalue weighted by molar-refractivity contribution is 7.89. The molecule has 0 aliphatic carbocycles. The highest BCUT2D eigenvalue weighted by Gasteiger charge is 2.28. The van der Waals surface area contributed by atoms with Gasteiger partial charge in [-0.2, -0.15) is 4.72 Å². The number of hydrogen-bond donors (Lipinski definition) is 2. The fraction of sp³-hybridized carbons (Fsp3) is 0.250. The van der Waals surface area contributed by atoms with E-state index in [4.69, 9.17) is 4.42 Å². The van der Waals surface area contributed by atoms with E-state index in [1.807, 2.05) is 37.3 Å². The molecular weight excluding hydrogens is 366 g/mol. The molecule has 0 saturated heterocycles. The number of carboxylic acids is 1. The van der Waals surface area contributed by atoms with Crippen LogP contribution in [0.4, 0.5) is 0 Å². The van der Waals surface area contributed by atoms with Gasteiger partial charge >= 0.3 is 5.97 Å². The van der Waals surface area contributed by atoms with Gasteiger partial charge in [0.05, 0.1) is 4.90 Å². The minimum atomic E-state index is -4.00. The number of nitrogens with one attached hydrogen (secondary N) is 1. The number of allylic oxidation sites excluding steroid dienone is 1. The molecule has 2 aromatic carbocycles. The number of carbonyl (C=O) groups is 1. The Bertz CT molecular complexity index is 1140. The summed E-state index contributed by atoms with van der Waals surface area (Å²) in [4.78, 5) is 11.3. The number of hydrogen-bond acceptors (Lipinski definition) is 4. The first-order valence-electron chi connectivity index (χ1n) is 8.57. The topological polar surface area (TPSA) is 96.6 Å². The van der Waals surface area contributed by atoms with Gasteiger partial charge in [0.25, 0.3) is 0 Å². The maximum atomic E-state index is 12.6. The third-order valence-corrected chi connectivity index (χ3v) is 5.79. The summed E-state index contributed by atoms with van der Waals surface area (Å²) in [5.74, 6) is -1.60. The molecule has 0 aliphatic heterocycles. The first-order chi connectivity index (χ1) is 12.7. The normalized spacial score (nSPS) is 13.8. The highest BCUT2D eigenvalue weighted by Crippen LogP contribution is 2.31. The Labute approximate surface area is 157 Å². The summed E-state index contributed by atoms with van der Waals surface area (Å²) in [5.41, 5.74) is 2.11. The minimum absolute atomic E-state index is 0.0327. The Morgan fingerprint density at radius 3 is 2.48 bits per heavy atom. The first kappa shape index (κ1) is 19.1. The summed E-state index contributed by atoms with van der Waals surface area (Å²) in [7, 11) is -4.00. The molecule has 0 unspecified atom stereocenters. The summed E-state index contributed by atoms with van der Waals surface area (Å²) in [6.07, 6.45) is 3.91. The van der Waals surface area contributed by atoms with Crippen LogP contribution < -0.4 is 4.72 Å². The molecule has 0 bridgehead atoms. The van der Waals surface area contributed by atoms with Gasteiger partial charge in [0.15, 0.2) is 0 Å². The molecule has 142 valence electrons. The van der Waals surface area contributed by atoms with Crippen LogP contribution in [-0.2, 0) is 14.8 Å². The Morgan fingerprint density at radius 2 is 1.85 bits per heavy atom. The fourth-order valence-corrected chi connectivity index (χ4v) is 4.30. The van der Waals surface area contributed by atoms with Crippen LogP contribution >= 0.6 is 0 Å². The van der Waals surface area contributed by atoms with Crippen molar-refractivity contribution >= 4 is 44.0 Å². The summed E-state index contributed by atoms with van der Waals surface area (Å²) in [5, 5.41) is 10.9. The molecule has 3 rings (SSSR count). The summed E-state index contributed by atoms with van der Waals surface area (Å²) >= 11 is 0. The predicted octanol–water partition coefficient (Wildman–Crippen LogP) is 4.01. The molecular formula is C20H21NO5S. The largest absolute Gasteiger partial charge is 0.480 e. The molecule has 1 aromatic heterocycles. The molecule has 0 amide bonds. The second-order valence-electron chi connectivity index (χ2n) is 6.70. The lowest BCUT2D eigenvalue weighted by atomic mass is 10.1. The van der Waals surface area contributed by atoms with Crippen LogP contribution in [0.2, 0.25) is 0 Å². The number of benzene rings is 2. The van der Waals surface area contributed by atoms with Crippen LogP contribution in [0.25, 0.3) is 28.0 Å². The van der Waals surface area contributed by atoms with Crippen molar-refractivity contribution in [3.05, 3.63) is 48.0 Å². The predicted molar refractivity (Wildman–Crippen MR) is 105 cm³/mol. The van der Waals surface area contributed by atoms with Crippen LogP contribution in [0.1, 0.15) is 26.3 Å². The second kappa shape index (κ2) is 7.17. The third kappa shape index (κ3) is 3.74. The van der Waals surface area contributed by atoms with E-state index in [9.17, 15) is 18.3 Å². The van der Waals surface area contributed by atoms with Gasteiger partial charge in [-0.15, -0.1) is 0 Å². The van der Waals surface area contributed by atoms with Crippen LogP contribution in [0.5, 0.6) is 0 Å². The molecule has 0 fully saturated rings. The molecule has 1 heterocycles. The van der Waals surface area contributed by atoms with Crippen LogP contribution in [0.15, 0.2) is 51.8 Å². The zero-order valence-electron chi connectivity index (χ0n) is 15.3. The van der Waals surface area contributed by atoms with E-state index in [1.54, 1.807) is 19.9 Å². The van der Waals surface area contributed by atoms with Gasteiger partial charge in [0.1, 0.15) is 17.2 Å². The zero-order chi connectivity index (χ0) is 19.8. The fourth-order valence-electron chi connectivity index (χ4n) is 2.95. The lowest BCUT2D eigenvalue weighted by Gasteiger charge is -2.17. The molecule has 0 saturated carbocycles. The highest BCUT2D eigenvalue weighted by atomic mass is 32.2. The van der Waals surface area contributed by atoms with E-state index in [0.29, 0.717) is 11.2 Å². The molecule has 3 aromatic rings. The molecule has 0 spiro atoms. The van der Waals surface area contributed by atoms with Crippen molar-refractivity contribution in [3.63, 3.8) is 0 Å². The van der Waals surface area contributed by atoms with E-state index < -0.39 is 28.0 Å². The van der Waals surface area contributed by atoms with Crippen LogP contribution in [-0.4, -0.2) is 25.5 Å². The maximum absolute atomic E-state index is 12.6. The Balaban J connectivity index is 2.05. The number of carboxylic acid groups (broad SMARTS) is 1. The van der Waals surface area contributed by atoms with Crippen molar-refractivity contribution in [2.75, 3.05) is 0 Å². The second-order valence-corrected chi connectivity index (χ2v) is 8.41. The smallest absolute Gasteiger partial charge is 0.322 e. The summed E-state index contributed by atoms with van der Waals surface area (Å²) in [6.45, 7) is 5.22. The molecule has 2 N–H and O–H groups in total. The molecule has 1 atom stereocenters. The van der Waals surface area contributed by atoms with E-state index in [0.717, 1.165) is 16.3 Å². The Kier molecular flexibility index (Phi) is 5.08. The summed E-state index contributed by atoms with van der Waals surface area (Å²) in [6, 6.07) is 9.10. The number of sulfonamides is 1. The Morgan fingerprint density at radius 1 is 1.11 bits per heavy atom. The van der Waals surface area contributed by atoms with Gasteiger partial charge in [0, 0.05) is 16.8 Å². The van der Waals surface area contributed by atoms with Crippen LogP contribution in [0.3, 0.4) is 0 Å². The molecule has 7 heteroatoms. The third-order valence-electron chi connectivity index (χ3n) is 4.35. The van der Waals surface area contributed by atoms with Gasteiger partial charge in [-0.05, 0) is 42.7 Å². The van der Waals surface area contributed by atoms with Crippen molar-refractivity contribution in [1.29, 1.82) is 0 Å². The van der Waals surface area contributed by atoms with E-state index in [1.165, 1.54) is 12.1 Å². The molecule has 0 radical (unpaired) electrons. The van der Waals surface area contributed by atoms with Gasteiger partial charge in [0.2, 0.25) is 10.0 Å². The quantitative estimate of drug-likeness (QED) is 0.666. The monoisotopic (exact) mass is 387 g/mol. The van der Waals surface area contributed by atoms with Crippen LogP contribution in [0, 0.1) is 5.92 Å². The van der Waals surface area contributed by atoms with E-state index in [-0.39, 0.29) is 4.90 Å². The SMILES string of the molecule is C/C=C/c1ccc2oc3cc(S(=O)(=O)N[C@H](C(=O)O)C(C)C)ccc3c2c1. The van der Waals surface area contributed by atoms with Gasteiger partial charge in [-0.1, -0.05) is 32.1 Å². The minimum Gasteiger partial charge on any atom is -0.480 e. The maximum Gasteiger partial charge on any atom is 0.322 e. The van der Waals surface area contributed by atoms with E-state index >= 15 is 0 Å². The van der Waals surface area contributed by atoms with Crippen molar-refractivity contribution in [2.24, 2.45) is 5.92 Å². The van der Waals surface area contributed by atoms with Crippen molar-refractivity contribution in [2.45, 2.75) is 31.7 Å². The lowest BCUT2D eigenvalue weighted by molar-refractivity contribution is -0.140. The van der Waals surface area contributed by atoms with Gasteiger partial charge < -0.3 is 9.52 Å². The van der Waals surface area contributed by atoms with E-state index in [2.05, 4.69) is 4.72 Å². The Hall–Kier alpha value is -2.64. The lowest BCUT2D eigenvalue weighted by Crippen LogP contribution is -2.44. The van der Waals surface area contributed by atoms with Crippen molar-refractivity contribution < 1.29 is 22.7 Å². The average Bonchev–Trinajstić information content (AvgIpc) is 2.96. The van der Waals surface area contributed by atoms with Gasteiger partial charge in [-0.25, -0.2) is 8.42 Å². The average molecular weight is 387 g/mol. The molecule has 6 nitrogen and oxygen atoms in total. The van der Waals surface area contributed by atoms with Crippen molar-refractivity contribution in [1.82, 2.24) is 4.72 Å². The van der Waals surface area contributed by atoms with Crippen molar-refractivity contribution in [3.8, 4) is 0 Å². The molecule has 27 heavy (non-hydrogen) atoms. The van der Waals surface area contributed by atoms with Gasteiger partial charge in [-0.3, -0.25) is 4.79 Å². The standard InChI is InChI=1S/C20H21NO5S/c1-4-5-13-6-9-17-16(10-13)15-8-7-14(11-18(15)26-17)27(24,25)21-19(12(2)3)20(22)23/h4-12,19,21H,1-3H3,(H,22,23)/b5-4+/t19-/m0/s1. The number of fused-ring (bicyclic) bond motifs is 3. The summed E-state index contributed by atoms with van der Waals surface area (Å²) < 4.78 is 33.3. The zero-order valence-corrected chi connectivity index (χ0v) is 16.1. The first-order valence-corrected chi connectivity index (χ1v) is 10.1. The number of rotatable bonds is 6.